The Kier molecular flexibility index (Phi) is 4.47. The standard InChI is InChI=1S/C26H26O7/c1-11(2)6-7-13-20(29)16(27)10-15-17-21(30)18-19(28)12(3)22-14(8-9-26(4,5)33-22)24(18)32-25(17)31-23(13)15/h6,8-10,17,25,27-29H,7H2,1-5H3. The zero-order valence-corrected chi connectivity index (χ0v) is 19.1. The Morgan fingerprint density at radius 2 is 1.79 bits per heavy atom. The van der Waals surface area contributed by atoms with E-state index in [-0.39, 0.29) is 34.3 Å². The Balaban J connectivity index is 1.67. The summed E-state index contributed by atoms with van der Waals surface area (Å²) in [6, 6.07) is 1.33. The van der Waals surface area contributed by atoms with Crippen LogP contribution in [0.2, 0.25) is 0 Å². The van der Waals surface area contributed by atoms with Crippen molar-refractivity contribution in [1.82, 2.24) is 0 Å². The van der Waals surface area contributed by atoms with Crippen LogP contribution < -0.4 is 14.2 Å². The Morgan fingerprint density at radius 1 is 1.09 bits per heavy atom. The number of carbonyl (C=O) groups is 1. The Hall–Kier alpha value is -3.61. The van der Waals surface area contributed by atoms with E-state index in [0.29, 0.717) is 40.2 Å². The number of Topliss-reactive ketones (excluding diaryl/α,β-unsaturated/α-hetero) is 1. The van der Waals surface area contributed by atoms with Gasteiger partial charge in [0.15, 0.2) is 17.3 Å². The minimum absolute atomic E-state index is 0.0651. The molecule has 0 spiro atoms. The van der Waals surface area contributed by atoms with Crippen LogP contribution in [0.15, 0.2) is 23.8 Å². The molecule has 3 aliphatic rings. The van der Waals surface area contributed by atoms with Gasteiger partial charge in [-0.3, -0.25) is 4.79 Å². The largest absolute Gasteiger partial charge is 0.507 e. The summed E-state index contributed by atoms with van der Waals surface area (Å²) in [7, 11) is 0. The minimum atomic E-state index is -0.999. The normalized spacial score (nSPS) is 21.1. The fraction of sp³-hybridized carbons (Fsp3) is 0.346. The maximum absolute atomic E-state index is 13.7. The third-order valence-corrected chi connectivity index (χ3v) is 6.34. The second-order valence-electron chi connectivity index (χ2n) is 9.53. The van der Waals surface area contributed by atoms with Gasteiger partial charge in [0, 0.05) is 16.7 Å². The number of ether oxygens (including phenoxy) is 3. The smallest absolute Gasteiger partial charge is 0.255 e. The quantitative estimate of drug-likeness (QED) is 0.442. The van der Waals surface area contributed by atoms with E-state index in [9.17, 15) is 20.1 Å². The average Bonchev–Trinajstić information content (AvgIpc) is 3.09. The van der Waals surface area contributed by atoms with Crippen molar-refractivity contribution in [1.29, 1.82) is 0 Å². The summed E-state index contributed by atoms with van der Waals surface area (Å²) in [6.07, 6.45) is 4.91. The van der Waals surface area contributed by atoms with Gasteiger partial charge < -0.3 is 29.5 Å². The number of hydrogen-bond donors (Lipinski definition) is 3. The highest BCUT2D eigenvalue weighted by molar-refractivity contribution is 6.09. The van der Waals surface area contributed by atoms with Crippen molar-refractivity contribution < 1.29 is 34.3 Å². The summed E-state index contributed by atoms with van der Waals surface area (Å²) in [6.45, 7) is 9.34. The van der Waals surface area contributed by atoms with E-state index in [1.807, 2.05) is 45.9 Å². The van der Waals surface area contributed by atoms with Gasteiger partial charge in [-0.25, -0.2) is 0 Å². The molecular formula is C26H26O7. The van der Waals surface area contributed by atoms with Crippen molar-refractivity contribution in [3.63, 3.8) is 0 Å². The lowest BCUT2D eigenvalue weighted by Gasteiger charge is -2.34. The van der Waals surface area contributed by atoms with E-state index < -0.39 is 17.8 Å². The third-order valence-electron chi connectivity index (χ3n) is 6.34. The van der Waals surface area contributed by atoms with Crippen molar-refractivity contribution >= 4 is 11.9 Å². The second kappa shape index (κ2) is 6.94. The molecule has 2 unspecified atom stereocenters. The van der Waals surface area contributed by atoms with Crippen LogP contribution in [0.1, 0.15) is 66.2 Å². The van der Waals surface area contributed by atoms with Crippen molar-refractivity contribution in [2.24, 2.45) is 0 Å². The van der Waals surface area contributed by atoms with Gasteiger partial charge in [0.1, 0.15) is 40.1 Å². The van der Waals surface area contributed by atoms with E-state index in [1.165, 1.54) is 6.07 Å². The fourth-order valence-corrected chi connectivity index (χ4v) is 4.60. The number of carbonyl (C=O) groups excluding carboxylic acids is 1. The molecular weight excluding hydrogens is 424 g/mol. The number of ketones is 1. The highest BCUT2D eigenvalue weighted by Gasteiger charge is 2.50. The van der Waals surface area contributed by atoms with Gasteiger partial charge in [-0.15, -0.1) is 0 Å². The van der Waals surface area contributed by atoms with Gasteiger partial charge in [0.25, 0.3) is 6.29 Å². The van der Waals surface area contributed by atoms with Crippen molar-refractivity contribution in [3.05, 3.63) is 51.6 Å². The lowest BCUT2D eigenvalue weighted by atomic mass is 9.84. The lowest BCUT2D eigenvalue weighted by Crippen LogP contribution is -2.37. The topological polar surface area (TPSA) is 105 Å². The van der Waals surface area contributed by atoms with E-state index in [2.05, 4.69) is 0 Å². The molecule has 0 bridgehead atoms. The molecule has 7 nitrogen and oxygen atoms in total. The predicted octanol–water partition coefficient (Wildman–Crippen LogP) is 4.88. The molecule has 33 heavy (non-hydrogen) atoms. The van der Waals surface area contributed by atoms with Crippen LogP contribution in [-0.2, 0) is 6.42 Å². The molecule has 3 aliphatic heterocycles. The van der Waals surface area contributed by atoms with E-state index in [1.54, 1.807) is 6.92 Å². The summed E-state index contributed by atoms with van der Waals surface area (Å²) in [5.74, 6) is -1.10. The molecule has 3 heterocycles. The number of phenolic OH excluding ortho intramolecular Hbond substituents is 3. The molecule has 2 aromatic rings. The number of rotatable bonds is 2. The first-order valence-corrected chi connectivity index (χ1v) is 10.9. The minimum Gasteiger partial charge on any atom is -0.507 e. The molecule has 5 rings (SSSR count). The van der Waals surface area contributed by atoms with Crippen LogP contribution in [-0.4, -0.2) is 33.0 Å². The maximum atomic E-state index is 13.7. The average molecular weight is 450 g/mol. The zero-order chi connectivity index (χ0) is 23.8. The first-order valence-electron chi connectivity index (χ1n) is 10.9. The third kappa shape index (κ3) is 3.06. The van der Waals surface area contributed by atoms with E-state index in [4.69, 9.17) is 14.2 Å². The van der Waals surface area contributed by atoms with Crippen molar-refractivity contribution in [3.8, 4) is 34.5 Å². The molecule has 172 valence electrons. The Labute approximate surface area is 191 Å². The number of fused-ring (bicyclic) bond motifs is 6. The van der Waals surface area contributed by atoms with Gasteiger partial charge >= 0.3 is 0 Å². The molecule has 7 heteroatoms. The van der Waals surface area contributed by atoms with Crippen LogP contribution in [0.25, 0.3) is 6.08 Å². The van der Waals surface area contributed by atoms with Crippen LogP contribution in [0, 0.1) is 6.92 Å². The molecule has 3 N–H and O–H groups in total. The summed E-state index contributed by atoms with van der Waals surface area (Å²) >= 11 is 0. The number of benzene rings is 2. The summed E-state index contributed by atoms with van der Waals surface area (Å²) in [5.41, 5.74) is 2.35. The van der Waals surface area contributed by atoms with Crippen molar-refractivity contribution in [2.45, 2.75) is 58.8 Å². The number of phenols is 3. The summed E-state index contributed by atoms with van der Waals surface area (Å²) < 4.78 is 18.3. The van der Waals surface area contributed by atoms with Gasteiger partial charge in [-0.1, -0.05) is 11.6 Å². The molecule has 0 radical (unpaired) electrons. The SMILES string of the molecule is CC(C)=CCc1c(O)c(O)cc2c1OC1Oc3c4c(c(C)c(O)c3C(=O)C21)OC(C)(C)C=C4. The first-order chi connectivity index (χ1) is 15.5. The zero-order valence-electron chi connectivity index (χ0n) is 19.1. The van der Waals surface area contributed by atoms with Crippen LogP contribution in [0.5, 0.6) is 34.5 Å². The Morgan fingerprint density at radius 3 is 2.48 bits per heavy atom. The molecule has 0 aliphatic carbocycles. The maximum Gasteiger partial charge on any atom is 0.255 e. The lowest BCUT2D eigenvalue weighted by molar-refractivity contribution is -0.00185. The van der Waals surface area contributed by atoms with Crippen LogP contribution in [0.3, 0.4) is 0 Å². The summed E-state index contributed by atoms with van der Waals surface area (Å²) in [5, 5.41) is 31.8. The van der Waals surface area contributed by atoms with Crippen LogP contribution in [0.4, 0.5) is 0 Å². The van der Waals surface area contributed by atoms with Gasteiger partial charge in [-0.05, 0) is 59.3 Å². The molecule has 0 saturated heterocycles. The van der Waals surface area contributed by atoms with E-state index >= 15 is 0 Å². The first kappa shape index (κ1) is 21.2. The molecule has 0 aromatic heterocycles. The monoisotopic (exact) mass is 450 g/mol. The van der Waals surface area contributed by atoms with E-state index in [0.717, 1.165) is 5.57 Å². The molecule has 2 atom stereocenters. The summed E-state index contributed by atoms with van der Waals surface area (Å²) in [4.78, 5) is 13.7. The molecule has 0 fully saturated rings. The highest BCUT2D eigenvalue weighted by Crippen LogP contribution is 2.56. The number of aromatic hydroxyl groups is 3. The number of allylic oxidation sites excluding steroid dienone is 2. The fourth-order valence-electron chi connectivity index (χ4n) is 4.60. The highest BCUT2D eigenvalue weighted by atomic mass is 16.7. The molecule has 0 amide bonds. The predicted molar refractivity (Wildman–Crippen MR) is 122 cm³/mol. The Bertz CT molecular complexity index is 1280. The molecule has 0 saturated carbocycles. The number of hydrogen-bond acceptors (Lipinski definition) is 7. The van der Waals surface area contributed by atoms with Gasteiger partial charge in [-0.2, -0.15) is 0 Å². The van der Waals surface area contributed by atoms with Crippen LogP contribution >= 0.6 is 0 Å². The van der Waals surface area contributed by atoms with Crippen molar-refractivity contribution in [2.75, 3.05) is 0 Å². The second-order valence-corrected chi connectivity index (χ2v) is 9.53. The van der Waals surface area contributed by atoms with Gasteiger partial charge in [0.05, 0.1) is 5.56 Å². The molecule has 2 aromatic carbocycles. The van der Waals surface area contributed by atoms with Gasteiger partial charge in [0.2, 0.25) is 0 Å².